The summed E-state index contributed by atoms with van der Waals surface area (Å²) < 4.78 is 8.10. The number of aromatic nitrogens is 6. The van der Waals surface area contributed by atoms with Gasteiger partial charge in [0, 0.05) is 32.4 Å². The lowest BCUT2D eigenvalue weighted by atomic mass is 10.1. The van der Waals surface area contributed by atoms with Gasteiger partial charge in [0.1, 0.15) is 17.6 Å². The molecule has 0 spiro atoms. The summed E-state index contributed by atoms with van der Waals surface area (Å²) in [6, 6.07) is 0. The van der Waals surface area contributed by atoms with Crippen LogP contribution in [0, 0.1) is 0 Å². The fraction of sp³-hybridized carbons (Fsp3) is 0.308. The van der Waals surface area contributed by atoms with Crippen LogP contribution in [0.2, 0.25) is 0 Å². The van der Waals surface area contributed by atoms with Crippen molar-refractivity contribution in [2.75, 3.05) is 7.11 Å². The monoisotopic (exact) mass is 302 g/mol. The molecule has 9 heteroatoms. The van der Waals surface area contributed by atoms with Gasteiger partial charge in [0.25, 0.3) is 5.56 Å². The van der Waals surface area contributed by atoms with Gasteiger partial charge < -0.3 is 9.30 Å². The van der Waals surface area contributed by atoms with Crippen LogP contribution in [-0.4, -0.2) is 42.6 Å². The van der Waals surface area contributed by atoms with Gasteiger partial charge in [-0.1, -0.05) is 0 Å². The average molecular weight is 302 g/mol. The molecular weight excluding hydrogens is 288 g/mol. The van der Waals surface area contributed by atoms with Gasteiger partial charge >= 0.3 is 5.97 Å². The molecule has 2 aliphatic heterocycles. The molecule has 0 aromatic carbocycles. The van der Waals surface area contributed by atoms with Crippen LogP contribution < -0.4 is 5.56 Å². The zero-order valence-electron chi connectivity index (χ0n) is 12.1. The minimum atomic E-state index is -0.540. The number of carbonyl (C=O) groups is 1. The molecule has 3 heterocycles. The quantitative estimate of drug-likeness (QED) is 0.671. The number of carbonyl (C=O) groups excluding carboxylic acids is 1. The van der Waals surface area contributed by atoms with Crippen molar-refractivity contribution in [1.82, 2.24) is 29.5 Å². The summed E-state index contributed by atoms with van der Waals surface area (Å²) in [5.41, 5.74) is 0.554. The number of fused-ring (bicyclic) bond motifs is 1. The Morgan fingerprint density at radius 1 is 1.41 bits per heavy atom. The second-order valence-corrected chi connectivity index (χ2v) is 4.80. The van der Waals surface area contributed by atoms with Gasteiger partial charge in [-0.15, -0.1) is 0 Å². The molecule has 0 saturated heterocycles. The second kappa shape index (κ2) is 5.43. The van der Waals surface area contributed by atoms with Crippen LogP contribution in [0.15, 0.2) is 23.5 Å². The maximum Gasteiger partial charge on any atom is 0.341 e. The molecule has 0 radical (unpaired) electrons. The number of rotatable bonds is 4. The number of nitrogens with zero attached hydrogens (tertiary/aromatic N) is 5. The predicted molar refractivity (Wildman–Crippen MR) is 75.5 cm³/mol. The maximum absolute atomic E-state index is 11.8. The molecule has 114 valence electrons. The number of ether oxygens (including phenoxy) is 1. The third-order valence-electron chi connectivity index (χ3n) is 3.26. The highest BCUT2D eigenvalue weighted by Crippen LogP contribution is 2.20. The summed E-state index contributed by atoms with van der Waals surface area (Å²) in [4.78, 5) is 27.7. The van der Waals surface area contributed by atoms with Crippen molar-refractivity contribution in [2.45, 2.75) is 13.0 Å². The number of esters is 1. The summed E-state index contributed by atoms with van der Waals surface area (Å²) in [7, 11) is 3.08. The van der Waals surface area contributed by atoms with E-state index in [1.54, 1.807) is 35.0 Å². The van der Waals surface area contributed by atoms with Crippen molar-refractivity contribution in [3.63, 3.8) is 0 Å². The number of hydrogen-bond acceptors (Lipinski definition) is 6. The molecule has 0 saturated carbocycles. The molecule has 0 unspecified atom stereocenters. The van der Waals surface area contributed by atoms with Gasteiger partial charge in [0.05, 0.1) is 12.7 Å². The normalized spacial score (nSPS) is 11.0. The number of H-pyrrole nitrogens is 1. The first-order valence-corrected chi connectivity index (χ1v) is 6.59. The molecule has 0 amide bonds. The highest BCUT2D eigenvalue weighted by Gasteiger charge is 2.21. The first-order valence-electron chi connectivity index (χ1n) is 6.59. The van der Waals surface area contributed by atoms with E-state index in [0.29, 0.717) is 30.0 Å². The van der Waals surface area contributed by atoms with Crippen LogP contribution in [0.25, 0.3) is 11.3 Å². The summed E-state index contributed by atoms with van der Waals surface area (Å²) in [6.45, 7) is 0.522. The maximum atomic E-state index is 11.8. The lowest BCUT2D eigenvalue weighted by molar-refractivity contribution is 0.0600. The number of aryl methyl sites for hydroxylation is 3. The Morgan fingerprint density at radius 2 is 2.23 bits per heavy atom. The standard InChI is InChI=1S/C13H14N6O3/c1-18-7-14-10(17-18)3-4-19-5-8-11(15-16-12(8)20)9(6-19)13(21)22-2/h5-7H,3-4H2,1-2H3,(H,16,20). The average Bonchev–Trinajstić information content (AvgIpc) is 3.10. The highest BCUT2D eigenvalue weighted by atomic mass is 16.5. The van der Waals surface area contributed by atoms with Crippen molar-refractivity contribution >= 4 is 5.97 Å². The van der Waals surface area contributed by atoms with E-state index in [0.717, 1.165) is 0 Å². The van der Waals surface area contributed by atoms with Gasteiger partial charge in [0.2, 0.25) is 0 Å². The molecule has 9 nitrogen and oxygen atoms in total. The highest BCUT2D eigenvalue weighted by molar-refractivity contribution is 5.95. The van der Waals surface area contributed by atoms with Crippen molar-refractivity contribution in [3.05, 3.63) is 40.5 Å². The van der Waals surface area contributed by atoms with Crippen LogP contribution in [0.1, 0.15) is 16.2 Å². The van der Waals surface area contributed by atoms with E-state index in [-0.39, 0.29) is 11.1 Å². The van der Waals surface area contributed by atoms with Crippen molar-refractivity contribution in [1.29, 1.82) is 0 Å². The van der Waals surface area contributed by atoms with Gasteiger partial charge in [-0.2, -0.15) is 10.2 Å². The first-order chi connectivity index (χ1) is 10.6. The summed E-state index contributed by atoms with van der Waals surface area (Å²) in [5, 5.41) is 10.4. The largest absolute Gasteiger partial charge is 0.465 e. The van der Waals surface area contributed by atoms with E-state index < -0.39 is 5.97 Å². The molecule has 0 atom stereocenters. The van der Waals surface area contributed by atoms with Crippen molar-refractivity contribution in [2.24, 2.45) is 7.05 Å². The predicted octanol–water partition coefficient (Wildman–Crippen LogP) is -0.166. The Hall–Kier alpha value is -2.97. The molecule has 2 aliphatic rings. The van der Waals surface area contributed by atoms with E-state index in [2.05, 4.69) is 20.3 Å². The minimum Gasteiger partial charge on any atom is -0.465 e. The second-order valence-electron chi connectivity index (χ2n) is 4.80. The lowest BCUT2D eigenvalue weighted by Crippen LogP contribution is -2.13. The first kappa shape index (κ1) is 14.0. The van der Waals surface area contributed by atoms with E-state index >= 15 is 0 Å². The van der Waals surface area contributed by atoms with Crippen molar-refractivity contribution in [3.8, 4) is 11.3 Å². The Labute approximate surface area is 124 Å². The third kappa shape index (κ3) is 2.48. The molecule has 0 aliphatic carbocycles. The Kier molecular flexibility index (Phi) is 3.45. The van der Waals surface area contributed by atoms with Crippen LogP contribution in [0.4, 0.5) is 0 Å². The SMILES string of the molecule is COC(=O)c1cn(CCc2ncn(C)n2)cc2c(=O)[nH]nc1-2. The van der Waals surface area contributed by atoms with Gasteiger partial charge in [0.15, 0.2) is 5.82 Å². The lowest BCUT2D eigenvalue weighted by Gasteiger charge is -2.10. The molecule has 3 rings (SSSR count). The number of nitrogens with one attached hydrogen (secondary N) is 1. The van der Waals surface area contributed by atoms with Gasteiger partial charge in [-0.05, 0) is 0 Å². The Balaban J connectivity index is 1.95. The van der Waals surface area contributed by atoms with E-state index in [1.807, 2.05) is 0 Å². The molecule has 22 heavy (non-hydrogen) atoms. The fourth-order valence-electron chi connectivity index (χ4n) is 2.21. The Morgan fingerprint density at radius 3 is 2.91 bits per heavy atom. The number of hydrogen-bond donors (Lipinski definition) is 1. The molecule has 1 aromatic heterocycles. The van der Waals surface area contributed by atoms with Crippen LogP contribution in [-0.2, 0) is 24.8 Å². The zero-order valence-corrected chi connectivity index (χ0v) is 12.1. The zero-order chi connectivity index (χ0) is 15.7. The smallest absolute Gasteiger partial charge is 0.341 e. The third-order valence-corrected chi connectivity index (χ3v) is 3.26. The molecule has 1 aromatic rings. The number of pyridine rings is 1. The molecule has 1 N–H and O–H groups in total. The minimum absolute atomic E-state index is 0.243. The topological polar surface area (TPSA) is 108 Å². The molecule has 0 bridgehead atoms. The van der Waals surface area contributed by atoms with Crippen LogP contribution >= 0.6 is 0 Å². The summed E-state index contributed by atoms with van der Waals surface area (Å²) >= 11 is 0. The van der Waals surface area contributed by atoms with Crippen LogP contribution in [0.3, 0.4) is 0 Å². The number of methoxy groups -OCH3 is 1. The summed E-state index contributed by atoms with van der Waals surface area (Å²) in [6.07, 6.45) is 5.45. The van der Waals surface area contributed by atoms with Crippen LogP contribution in [0.5, 0.6) is 0 Å². The van der Waals surface area contributed by atoms with Gasteiger partial charge in [-0.3, -0.25) is 9.48 Å². The molecular formula is C13H14N6O3. The fourth-order valence-corrected chi connectivity index (χ4v) is 2.21. The van der Waals surface area contributed by atoms with Gasteiger partial charge in [-0.25, -0.2) is 14.9 Å². The van der Waals surface area contributed by atoms with Crippen molar-refractivity contribution < 1.29 is 9.53 Å². The Bertz CT molecular complexity index is 846. The number of aromatic amines is 1. The van der Waals surface area contributed by atoms with E-state index in [4.69, 9.17) is 4.74 Å². The van der Waals surface area contributed by atoms with E-state index in [1.165, 1.54) is 7.11 Å². The summed E-state index contributed by atoms with van der Waals surface area (Å²) in [5.74, 6) is 0.145. The van der Waals surface area contributed by atoms with E-state index in [9.17, 15) is 9.59 Å². The molecule has 0 fully saturated rings.